The summed E-state index contributed by atoms with van der Waals surface area (Å²) < 4.78 is 0. The Morgan fingerprint density at radius 1 is 0.652 bits per heavy atom. The van der Waals surface area contributed by atoms with Crippen molar-refractivity contribution < 1.29 is 0 Å². The van der Waals surface area contributed by atoms with Crippen molar-refractivity contribution in [3.63, 3.8) is 0 Å². The molecule has 2 heterocycles. The quantitative estimate of drug-likeness (QED) is 0.618. The van der Waals surface area contributed by atoms with Gasteiger partial charge in [-0.15, -0.1) is 0 Å². The molecule has 10 atom stereocenters. The monoisotopic (exact) mass is 372 g/mol. The second-order valence-corrected chi connectivity index (χ2v) is 16.2. The van der Waals surface area contributed by atoms with E-state index in [1.807, 2.05) is 0 Å². The van der Waals surface area contributed by atoms with Crippen LogP contribution in [-0.4, -0.2) is 45.0 Å². The summed E-state index contributed by atoms with van der Waals surface area (Å²) in [5, 5.41) is 4.07. The van der Waals surface area contributed by atoms with Gasteiger partial charge in [0, 0.05) is 21.0 Å². The van der Waals surface area contributed by atoms with Crippen molar-refractivity contribution in [2.75, 3.05) is 24.0 Å². The highest BCUT2D eigenvalue weighted by molar-refractivity contribution is 8.34. The number of thioether (sulfide) groups is 2. The average Bonchev–Trinajstić information content (AvgIpc) is 3.16. The average molecular weight is 373 g/mol. The first-order valence-electron chi connectivity index (χ1n) is 9.76. The van der Waals surface area contributed by atoms with Crippen LogP contribution in [0.4, 0.5) is 0 Å². The molecule has 0 aromatic carbocycles. The fraction of sp³-hybridized carbons (Fsp3) is 1.00. The van der Waals surface area contributed by atoms with Crippen molar-refractivity contribution >= 4 is 33.6 Å². The summed E-state index contributed by atoms with van der Waals surface area (Å²) in [6.45, 7) is 10.3. The van der Waals surface area contributed by atoms with E-state index < -0.39 is 10.0 Å². The maximum Gasteiger partial charge on any atom is 0.0185 e. The Bertz CT molecular complexity index is 422. The maximum absolute atomic E-state index is 2.76. The highest BCUT2D eigenvalue weighted by Gasteiger charge is 2.58. The van der Waals surface area contributed by atoms with E-state index in [4.69, 9.17) is 0 Å². The van der Waals surface area contributed by atoms with Gasteiger partial charge in [-0.2, -0.15) is 23.5 Å². The number of rotatable bonds is 2. The lowest BCUT2D eigenvalue weighted by molar-refractivity contribution is 0.413. The molecule has 0 aromatic rings. The summed E-state index contributed by atoms with van der Waals surface area (Å²) in [6, 6.07) is 0. The highest BCUT2D eigenvalue weighted by Crippen LogP contribution is 2.70. The summed E-state index contributed by atoms with van der Waals surface area (Å²) in [6.07, 6.45) is 8.57. The van der Waals surface area contributed by atoms with Crippen LogP contribution in [0.5, 0.6) is 0 Å². The van der Waals surface area contributed by atoms with Gasteiger partial charge in [0.2, 0.25) is 0 Å². The van der Waals surface area contributed by atoms with Crippen molar-refractivity contribution in [1.29, 1.82) is 0 Å². The van der Waals surface area contributed by atoms with Gasteiger partial charge in [-0.3, -0.25) is 0 Å². The van der Waals surface area contributed by atoms with Gasteiger partial charge in [0.25, 0.3) is 0 Å². The lowest BCUT2D eigenvalue weighted by atomic mass is 9.94. The van der Waals surface area contributed by atoms with Crippen molar-refractivity contribution in [3.8, 4) is 0 Å². The van der Waals surface area contributed by atoms with Crippen LogP contribution >= 0.6 is 33.6 Å². The van der Waals surface area contributed by atoms with Gasteiger partial charge >= 0.3 is 0 Å². The van der Waals surface area contributed by atoms with Crippen LogP contribution in [0.2, 0.25) is 0 Å². The summed E-state index contributed by atoms with van der Waals surface area (Å²) >= 11 is 4.72. The highest BCUT2D eigenvalue weighted by atomic mass is 32.3. The Hall–Kier alpha value is 1.05. The molecule has 0 nitrogen and oxygen atoms in total. The standard InChI is InChI=1S/C20H36S3/c1-11-7-15-13(3)9-21-17(15)19(11)23(5,6)20-12(2)8-16-14(4)10-22-18(16)20/h11-20H,7-10H2,1-6H3. The van der Waals surface area contributed by atoms with Gasteiger partial charge in [-0.25, -0.2) is 10.0 Å². The minimum Gasteiger partial charge on any atom is -0.238 e. The van der Waals surface area contributed by atoms with E-state index in [1.165, 1.54) is 24.3 Å². The predicted molar refractivity (Wildman–Crippen MR) is 112 cm³/mol. The van der Waals surface area contributed by atoms with Gasteiger partial charge in [-0.05, 0) is 72.4 Å². The Morgan fingerprint density at radius 3 is 1.43 bits per heavy atom. The van der Waals surface area contributed by atoms with Crippen molar-refractivity contribution in [1.82, 2.24) is 0 Å². The summed E-state index contributed by atoms with van der Waals surface area (Å²) in [4.78, 5) is 0. The number of hydrogen-bond acceptors (Lipinski definition) is 2. The molecule has 3 heteroatoms. The van der Waals surface area contributed by atoms with Crippen LogP contribution in [0.25, 0.3) is 0 Å². The molecule has 2 saturated carbocycles. The van der Waals surface area contributed by atoms with Crippen LogP contribution in [0.3, 0.4) is 0 Å². The predicted octanol–water partition coefficient (Wildman–Crippen LogP) is 5.60. The van der Waals surface area contributed by atoms with Gasteiger partial charge in [0.05, 0.1) is 0 Å². The van der Waals surface area contributed by atoms with Crippen LogP contribution in [-0.2, 0) is 0 Å². The van der Waals surface area contributed by atoms with Gasteiger partial charge in [0.15, 0.2) is 0 Å². The third-order valence-electron chi connectivity index (χ3n) is 7.87. The first kappa shape index (κ1) is 17.5. The zero-order valence-electron chi connectivity index (χ0n) is 15.8. The van der Waals surface area contributed by atoms with Crippen molar-refractivity contribution in [2.24, 2.45) is 35.5 Å². The fourth-order valence-corrected chi connectivity index (χ4v) is 17.6. The summed E-state index contributed by atoms with van der Waals surface area (Å²) in [5.74, 6) is 8.84. The summed E-state index contributed by atoms with van der Waals surface area (Å²) in [5.41, 5.74) is 0. The number of fused-ring (bicyclic) bond motifs is 2. The Labute approximate surface area is 154 Å². The molecule has 4 fully saturated rings. The molecule has 134 valence electrons. The third kappa shape index (κ3) is 2.57. The smallest absolute Gasteiger partial charge is 0.0185 e. The lowest BCUT2D eigenvalue weighted by Gasteiger charge is -2.51. The second-order valence-electron chi connectivity index (χ2n) is 9.72. The first-order valence-corrected chi connectivity index (χ1v) is 14.4. The van der Waals surface area contributed by atoms with Crippen molar-refractivity contribution in [2.45, 2.75) is 61.5 Å². The molecule has 23 heavy (non-hydrogen) atoms. The van der Waals surface area contributed by atoms with Crippen LogP contribution in [0.1, 0.15) is 40.5 Å². The normalized spacial score (nSPS) is 56.8. The molecular formula is C20H36S3. The zero-order valence-corrected chi connectivity index (χ0v) is 18.3. The molecule has 4 rings (SSSR count). The van der Waals surface area contributed by atoms with Crippen LogP contribution < -0.4 is 0 Å². The Balaban J connectivity index is 1.62. The first-order chi connectivity index (χ1) is 10.8. The largest absolute Gasteiger partial charge is 0.238 e. The molecule has 0 aromatic heterocycles. The van der Waals surface area contributed by atoms with E-state index in [0.717, 1.165) is 56.5 Å². The molecule has 2 aliphatic carbocycles. The molecule has 0 radical (unpaired) electrons. The van der Waals surface area contributed by atoms with E-state index in [0.29, 0.717) is 0 Å². The molecular weight excluding hydrogens is 336 g/mol. The molecule has 0 amide bonds. The zero-order chi connectivity index (χ0) is 16.5. The van der Waals surface area contributed by atoms with Gasteiger partial charge in [-0.1, -0.05) is 27.7 Å². The van der Waals surface area contributed by atoms with E-state index in [2.05, 4.69) is 63.7 Å². The second kappa shape index (κ2) is 6.05. The molecule has 10 unspecified atom stereocenters. The molecule has 0 bridgehead atoms. The van der Waals surface area contributed by atoms with Gasteiger partial charge in [0.1, 0.15) is 0 Å². The van der Waals surface area contributed by atoms with E-state index in [-0.39, 0.29) is 0 Å². The Morgan fingerprint density at radius 2 is 1.04 bits per heavy atom. The molecule has 2 aliphatic heterocycles. The number of hydrogen-bond donors (Lipinski definition) is 0. The fourth-order valence-electron chi connectivity index (χ4n) is 6.92. The van der Waals surface area contributed by atoms with E-state index in [9.17, 15) is 0 Å². The maximum atomic E-state index is 2.76. The summed E-state index contributed by atoms with van der Waals surface area (Å²) in [7, 11) is -0.534. The van der Waals surface area contributed by atoms with Crippen LogP contribution in [0, 0.1) is 35.5 Å². The molecule has 4 aliphatic rings. The Kier molecular flexibility index (Phi) is 4.59. The minimum atomic E-state index is -0.534. The topological polar surface area (TPSA) is 0 Å². The third-order valence-corrected chi connectivity index (χ3v) is 16.0. The van der Waals surface area contributed by atoms with Crippen molar-refractivity contribution in [3.05, 3.63) is 0 Å². The van der Waals surface area contributed by atoms with E-state index in [1.54, 1.807) is 0 Å². The van der Waals surface area contributed by atoms with Crippen LogP contribution in [0.15, 0.2) is 0 Å². The van der Waals surface area contributed by atoms with E-state index >= 15 is 0 Å². The SMILES string of the molecule is CC1CSC2C1CC(C)C2S(C)(C)C1C(C)CC2C(C)CSC21. The lowest BCUT2D eigenvalue weighted by Crippen LogP contribution is -2.40. The molecule has 0 N–H and O–H groups in total. The minimum absolute atomic E-state index is 0.534. The van der Waals surface area contributed by atoms with Gasteiger partial charge < -0.3 is 0 Å². The molecule has 0 spiro atoms. The molecule has 2 saturated heterocycles.